The quantitative estimate of drug-likeness (QED) is 0.536. The molecule has 2 rings (SSSR count). The van der Waals surface area contributed by atoms with Gasteiger partial charge in [0, 0.05) is 31.7 Å². The molecular weight excluding hydrogens is 218 g/mol. The molecule has 0 spiro atoms. The maximum atomic E-state index is 5.88. The minimum Gasteiger partial charge on any atom is -0.381 e. The summed E-state index contributed by atoms with van der Waals surface area (Å²) in [5, 5.41) is 0. The lowest BCUT2D eigenvalue weighted by Gasteiger charge is -2.40. The number of nitrogens with one attached hydrogen (secondary N) is 1. The number of rotatable bonds is 4. The first-order valence-electron chi connectivity index (χ1n) is 6.62. The number of nitrogens with zero attached hydrogens (tertiary/aromatic N) is 1. The van der Waals surface area contributed by atoms with Crippen molar-refractivity contribution in [1.82, 2.24) is 10.3 Å². The molecule has 0 aromatic heterocycles. The minimum absolute atomic E-state index is 0.183. The Labute approximate surface area is 104 Å². The second-order valence-electron chi connectivity index (χ2n) is 5.31. The highest BCUT2D eigenvalue weighted by atomic mass is 16.5. The van der Waals surface area contributed by atoms with E-state index in [1.807, 2.05) is 0 Å². The summed E-state index contributed by atoms with van der Waals surface area (Å²) in [4.78, 5) is 2.45. The van der Waals surface area contributed by atoms with Gasteiger partial charge in [0.15, 0.2) is 0 Å². The molecule has 3 atom stereocenters. The molecule has 3 N–H and O–H groups in total. The van der Waals surface area contributed by atoms with Gasteiger partial charge in [0.1, 0.15) is 0 Å². The molecule has 0 aromatic carbocycles. The van der Waals surface area contributed by atoms with Gasteiger partial charge in [-0.15, -0.1) is 0 Å². The van der Waals surface area contributed by atoms with Gasteiger partial charge in [-0.05, 0) is 20.3 Å². The normalized spacial score (nSPS) is 33.2. The maximum Gasteiger partial charge on any atom is 0.0872 e. The first kappa shape index (κ1) is 13.2. The summed E-state index contributed by atoms with van der Waals surface area (Å²) in [7, 11) is 0. The van der Waals surface area contributed by atoms with Crippen LogP contribution in [0.2, 0.25) is 0 Å². The first-order valence-corrected chi connectivity index (χ1v) is 6.62. The summed E-state index contributed by atoms with van der Waals surface area (Å²) < 4.78 is 11.3. The molecule has 0 saturated carbocycles. The predicted octanol–water partition coefficient (Wildman–Crippen LogP) is -0.0360. The van der Waals surface area contributed by atoms with Gasteiger partial charge >= 0.3 is 0 Å². The average Bonchev–Trinajstić information content (AvgIpc) is 2.84. The SMILES string of the molecule is CC(C)N1CCOC(C(NN)C2CCOC2)C1. The van der Waals surface area contributed by atoms with E-state index in [2.05, 4.69) is 24.2 Å². The Bertz CT molecular complexity index is 232. The van der Waals surface area contributed by atoms with Crippen molar-refractivity contribution >= 4 is 0 Å². The summed E-state index contributed by atoms with van der Waals surface area (Å²) in [6.07, 6.45) is 1.26. The van der Waals surface area contributed by atoms with E-state index in [4.69, 9.17) is 15.3 Å². The molecule has 17 heavy (non-hydrogen) atoms. The van der Waals surface area contributed by atoms with E-state index in [9.17, 15) is 0 Å². The number of morpholine rings is 1. The van der Waals surface area contributed by atoms with Crippen LogP contribution >= 0.6 is 0 Å². The first-order chi connectivity index (χ1) is 8.22. The summed E-state index contributed by atoms with van der Waals surface area (Å²) >= 11 is 0. The Morgan fingerprint density at radius 1 is 1.35 bits per heavy atom. The Hall–Kier alpha value is -0.200. The van der Waals surface area contributed by atoms with E-state index >= 15 is 0 Å². The molecule has 0 bridgehead atoms. The Morgan fingerprint density at radius 2 is 2.18 bits per heavy atom. The Balaban J connectivity index is 1.93. The lowest BCUT2D eigenvalue weighted by atomic mass is 9.93. The van der Waals surface area contributed by atoms with Gasteiger partial charge < -0.3 is 9.47 Å². The fourth-order valence-electron chi connectivity index (χ4n) is 2.77. The van der Waals surface area contributed by atoms with Crippen molar-refractivity contribution in [2.45, 2.75) is 38.5 Å². The monoisotopic (exact) mass is 243 g/mol. The van der Waals surface area contributed by atoms with Gasteiger partial charge in [-0.3, -0.25) is 16.2 Å². The highest BCUT2D eigenvalue weighted by Gasteiger charge is 2.35. The van der Waals surface area contributed by atoms with Crippen molar-refractivity contribution in [3.8, 4) is 0 Å². The van der Waals surface area contributed by atoms with Crippen LogP contribution in [0.15, 0.2) is 0 Å². The van der Waals surface area contributed by atoms with Crippen molar-refractivity contribution in [3.05, 3.63) is 0 Å². The van der Waals surface area contributed by atoms with Crippen molar-refractivity contribution in [3.63, 3.8) is 0 Å². The zero-order chi connectivity index (χ0) is 12.3. The number of hydrogen-bond acceptors (Lipinski definition) is 5. The molecule has 3 unspecified atom stereocenters. The number of ether oxygens (including phenoxy) is 2. The largest absolute Gasteiger partial charge is 0.381 e. The maximum absolute atomic E-state index is 5.88. The molecule has 5 heteroatoms. The molecule has 2 fully saturated rings. The summed E-state index contributed by atoms with van der Waals surface area (Å²) in [6, 6.07) is 0.777. The van der Waals surface area contributed by atoms with Crippen molar-refractivity contribution in [2.75, 3.05) is 32.9 Å². The molecule has 2 aliphatic heterocycles. The average molecular weight is 243 g/mol. The summed E-state index contributed by atoms with van der Waals surface area (Å²) in [6.45, 7) is 8.89. The lowest BCUT2D eigenvalue weighted by Crippen LogP contribution is -2.57. The highest BCUT2D eigenvalue weighted by molar-refractivity contribution is 4.89. The topological polar surface area (TPSA) is 59.8 Å². The minimum atomic E-state index is 0.183. The van der Waals surface area contributed by atoms with Crippen LogP contribution in [0, 0.1) is 5.92 Å². The zero-order valence-corrected chi connectivity index (χ0v) is 10.9. The zero-order valence-electron chi connectivity index (χ0n) is 10.9. The van der Waals surface area contributed by atoms with E-state index < -0.39 is 0 Å². The summed E-state index contributed by atoms with van der Waals surface area (Å²) in [5.41, 5.74) is 2.94. The van der Waals surface area contributed by atoms with Gasteiger partial charge in [0.05, 0.1) is 25.4 Å². The van der Waals surface area contributed by atoms with Crippen molar-refractivity contribution in [1.29, 1.82) is 0 Å². The Kier molecular flexibility index (Phi) is 4.76. The van der Waals surface area contributed by atoms with E-state index in [0.29, 0.717) is 12.0 Å². The molecule has 5 nitrogen and oxygen atoms in total. The molecular formula is C12H25N3O2. The fourth-order valence-corrected chi connectivity index (χ4v) is 2.77. The van der Waals surface area contributed by atoms with Crippen LogP contribution in [-0.4, -0.2) is 56.0 Å². The van der Waals surface area contributed by atoms with Crippen molar-refractivity contribution in [2.24, 2.45) is 11.8 Å². The third-order valence-corrected chi connectivity index (χ3v) is 3.92. The van der Waals surface area contributed by atoms with Crippen LogP contribution in [0.3, 0.4) is 0 Å². The van der Waals surface area contributed by atoms with Crippen molar-refractivity contribution < 1.29 is 9.47 Å². The van der Waals surface area contributed by atoms with Gasteiger partial charge in [-0.25, -0.2) is 0 Å². The van der Waals surface area contributed by atoms with E-state index in [1.54, 1.807) is 0 Å². The fraction of sp³-hybridized carbons (Fsp3) is 1.00. The van der Waals surface area contributed by atoms with Crippen LogP contribution in [-0.2, 0) is 9.47 Å². The second-order valence-corrected chi connectivity index (χ2v) is 5.31. The number of hydrazine groups is 1. The smallest absolute Gasteiger partial charge is 0.0872 e. The van der Waals surface area contributed by atoms with Gasteiger partial charge in [-0.1, -0.05) is 0 Å². The number of nitrogens with two attached hydrogens (primary N) is 1. The lowest BCUT2D eigenvalue weighted by molar-refractivity contribution is -0.0651. The third kappa shape index (κ3) is 3.17. The molecule has 0 amide bonds. The van der Waals surface area contributed by atoms with Crippen LogP contribution in [0.1, 0.15) is 20.3 Å². The molecule has 2 aliphatic rings. The molecule has 0 aliphatic carbocycles. The highest BCUT2D eigenvalue weighted by Crippen LogP contribution is 2.22. The van der Waals surface area contributed by atoms with Gasteiger partial charge in [0.2, 0.25) is 0 Å². The third-order valence-electron chi connectivity index (χ3n) is 3.92. The van der Waals surface area contributed by atoms with E-state index in [-0.39, 0.29) is 12.1 Å². The summed E-state index contributed by atoms with van der Waals surface area (Å²) in [5.74, 6) is 6.18. The molecule has 0 radical (unpaired) electrons. The molecule has 0 aromatic rings. The predicted molar refractivity (Wildman–Crippen MR) is 66.5 cm³/mol. The van der Waals surface area contributed by atoms with E-state index in [0.717, 1.165) is 39.3 Å². The van der Waals surface area contributed by atoms with Crippen LogP contribution in [0.5, 0.6) is 0 Å². The van der Waals surface area contributed by atoms with Crippen LogP contribution in [0.25, 0.3) is 0 Å². The molecule has 2 saturated heterocycles. The van der Waals surface area contributed by atoms with Gasteiger partial charge in [0.25, 0.3) is 0 Å². The van der Waals surface area contributed by atoms with Gasteiger partial charge in [-0.2, -0.15) is 0 Å². The Morgan fingerprint density at radius 3 is 2.76 bits per heavy atom. The second kappa shape index (κ2) is 6.11. The molecule has 100 valence electrons. The number of hydrogen-bond donors (Lipinski definition) is 2. The van der Waals surface area contributed by atoms with Crippen LogP contribution < -0.4 is 11.3 Å². The standard InChI is InChI=1S/C12H25N3O2/c1-9(2)15-4-6-17-11(7-15)12(14-13)10-3-5-16-8-10/h9-12,14H,3-8,13H2,1-2H3. The van der Waals surface area contributed by atoms with Crippen LogP contribution in [0.4, 0.5) is 0 Å². The molecule has 2 heterocycles. The van der Waals surface area contributed by atoms with E-state index in [1.165, 1.54) is 0 Å².